The molecule has 154 valence electrons. The Morgan fingerprint density at radius 3 is 2.55 bits per heavy atom. The molecule has 2 aliphatic rings. The first-order valence-corrected chi connectivity index (χ1v) is 10.7. The normalized spacial score (nSPS) is 17.1. The molecule has 10 heteroatoms. The Hall–Kier alpha value is -2.82. The number of nitrogens with zero attached hydrogens (tertiary/aromatic N) is 2. The third-order valence-electron chi connectivity index (χ3n) is 4.79. The Morgan fingerprint density at radius 1 is 1.00 bits per heavy atom. The van der Waals surface area contributed by atoms with E-state index < -0.39 is 10.0 Å². The largest absolute Gasteiger partial charge is 0.454 e. The average molecular weight is 418 g/mol. The smallest absolute Gasteiger partial charge is 0.265 e. The van der Waals surface area contributed by atoms with Crippen molar-refractivity contribution < 1.29 is 22.7 Å². The van der Waals surface area contributed by atoms with E-state index in [1.54, 1.807) is 30.3 Å². The van der Waals surface area contributed by atoms with E-state index in [1.165, 1.54) is 12.1 Å². The predicted octanol–water partition coefficient (Wildman–Crippen LogP) is 1.11. The Labute approximate surface area is 169 Å². The molecule has 0 bridgehead atoms. The fraction of sp³-hybridized carbons (Fsp3) is 0.316. The van der Waals surface area contributed by atoms with Crippen LogP contribution in [-0.4, -0.2) is 64.3 Å². The molecule has 2 heterocycles. The van der Waals surface area contributed by atoms with Crippen molar-refractivity contribution in [2.24, 2.45) is 0 Å². The van der Waals surface area contributed by atoms with Crippen molar-refractivity contribution >= 4 is 21.6 Å². The van der Waals surface area contributed by atoms with Crippen LogP contribution in [0.1, 0.15) is 10.4 Å². The van der Waals surface area contributed by atoms with Crippen LogP contribution in [-0.2, 0) is 10.0 Å². The minimum atomic E-state index is -3.87. The van der Waals surface area contributed by atoms with Gasteiger partial charge in [0.05, 0.1) is 10.6 Å². The number of rotatable bonds is 5. The molecule has 2 aromatic rings. The number of carbonyl (C=O) groups is 1. The lowest BCUT2D eigenvalue weighted by Crippen LogP contribution is -2.52. The monoisotopic (exact) mass is 418 g/mol. The summed E-state index contributed by atoms with van der Waals surface area (Å²) in [6, 6.07) is 10.7. The van der Waals surface area contributed by atoms with E-state index in [4.69, 9.17) is 9.47 Å². The minimum absolute atomic E-state index is 0.00111. The minimum Gasteiger partial charge on any atom is -0.454 e. The Bertz CT molecular complexity index is 1020. The van der Waals surface area contributed by atoms with Crippen LogP contribution in [0.25, 0.3) is 0 Å². The summed E-state index contributed by atoms with van der Waals surface area (Å²) in [7, 11) is -1.85. The molecule has 0 aromatic heterocycles. The molecular weight excluding hydrogens is 396 g/mol. The summed E-state index contributed by atoms with van der Waals surface area (Å²) < 4.78 is 38.5. The average Bonchev–Trinajstić information content (AvgIpc) is 3.17. The molecule has 0 aliphatic carbocycles. The van der Waals surface area contributed by atoms with Crippen LogP contribution < -0.4 is 19.6 Å². The molecule has 0 saturated carbocycles. The van der Waals surface area contributed by atoms with Crippen LogP contribution in [0.4, 0.5) is 5.69 Å². The van der Waals surface area contributed by atoms with Gasteiger partial charge in [-0.3, -0.25) is 14.9 Å². The fourth-order valence-corrected chi connectivity index (χ4v) is 4.20. The van der Waals surface area contributed by atoms with Crippen molar-refractivity contribution in [1.29, 1.82) is 0 Å². The highest BCUT2D eigenvalue weighted by Gasteiger charge is 2.21. The second kappa shape index (κ2) is 7.90. The summed E-state index contributed by atoms with van der Waals surface area (Å²) in [5.41, 5.74) is 3.46. The first-order valence-electron chi connectivity index (χ1n) is 9.18. The lowest BCUT2D eigenvalue weighted by Gasteiger charge is -2.32. The number of hydrogen-bond donors (Lipinski definition) is 2. The number of hydrogen-bond acceptors (Lipinski definition) is 7. The van der Waals surface area contributed by atoms with Crippen LogP contribution >= 0.6 is 0 Å². The van der Waals surface area contributed by atoms with E-state index in [9.17, 15) is 13.2 Å². The summed E-state index contributed by atoms with van der Waals surface area (Å²) >= 11 is 0. The van der Waals surface area contributed by atoms with Gasteiger partial charge in [-0.1, -0.05) is 6.07 Å². The van der Waals surface area contributed by atoms with E-state index in [0.717, 1.165) is 13.1 Å². The maximum absolute atomic E-state index is 12.8. The van der Waals surface area contributed by atoms with Crippen molar-refractivity contribution in [3.05, 3.63) is 48.0 Å². The van der Waals surface area contributed by atoms with Crippen LogP contribution in [0, 0.1) is 0 Å². The second-order valence-corrected chi connectivity index (χ2v) is 8.62. The van der Waals surface area contributed by atoms with Crippen molar-refractivity contribution in [1.82, 2.24) is 15.3 Å². The molecule has 0 radical (unpaired) electrons. The SMILES string of the molecule is CN1CCN(NC(=O)c2cccc(S(=O)(=O)Nc3ccc4c(c3)OCO4)c2)CC1. The third kappa shape index (κ3) is 4.44. The topological polar surface area (TPSA) is 100 Å². The number of hydrazine groups is 1. The first kappa shape index (κ1) is 19.5. The van der Waals surface area contributed by atoms with Gasteiger partial charge in [-0.15, -0.1) is 0 Å². The number of benzene rings is 2. The zero-order valence-corrected chi connectivity index (χ0v) is 16.7. The van der Waals surface area contributed by atoms with Gasteiger partial charge in [-0.2, -0.15) is 0 Å². The predicted molar refractivity (Wildman–Crippen MR) is 106 cm³/mol. The Balaban J connectivity index is 1.47. The standard InChI is InChI=1S/C19H22N4O5S/c1-22-7-9-23(10-8-22)20-19(24)14-3-2-4-16(11-14)29(25,26)21-15-5-6-17-18(12-15)28-13-27-17/h2-6,11-12,21H,7-10,13H2,1H3,(H,20,24). The molecule has 0 spiro atoms. The van der Waals surface area contributed by atoms with Gasteiger partial charge in [0.2, 0.25) is 6.79 Å². The molecule has 0 atom stereocenters. The van der Waals surface area contributed by atoms with E-state index >= 15 is 0 Å². The van der Waals surface area contributed by atoms with Crippen molar-refractivity contribution in [2.75, 3.05) is 44.7 Å². The molecule has 29 heavy (non-hydrogen) atoms. The van der Waals surface area contributed by atoms with Crippen LogP contribution in [0.5, 0.6) is 11.5 Å². The maximum Gasteiger partial charge on any atom is 0.265 e. The van der Waals surface area contributed by atoms with Crippen molar-refractivity contribution in [3.63, 3.8) is 0 Å². The van der Waals surface area contributed by atoms with Gasteiger partial charge in [0.1, 0.15) is 0 Å². The lowest BCUT2D eigenvalue weighted by atomic mass is 10.2. The summed E-state index contributed by atoms with van der Waals surface area (Å²) in [4.78, 5) is 14.7. The molecule has 1 fully saturated rings. The Kier molecular flexibility index (Phi) is 5.31. The van der Waals surface area contributed by atoms with E-state index in [-0.39, 0.29) is 23.2 Å². The number of nitrogens with one attached hydrogen (secondary N) is 2. The van der Waals surface area contributed by atoms with Crippen molar-refractivity contribution in [3.8, 4) is 11.5 Å². The van der Waals surface area contributed by atoms with Gasteiger partial charge in [0, 0.05) is 37.8 Å². The molecule has 0 unspecified atom stereocenters. The molecular formula is C19H22N4O5S. The first-order chi connectivity index (χ1) is 13.9. The van der Waals surface area contributed by atoms with E-state index in [2.05, 4.69) is 15.0 Å². The fourth-order valence-electron chi connectivity index (χ4n) is 3.11. The third-order valence-corrected chi connectivity index (χ3v) is 6.17. The van der Waals surface area contributed by atoms with Gasteiger partial charge in [0.25, 0.3) is 15.9 Å². The van der Waals surface area contributed by atoms with Gasteiger partial charge in [-0.05, 0) is 37.4 Å². The van der Waals surface area contributed by atoms with Crippen LogP contribution in [0.3, 0.4) is 0 Å². The molecule has 4 rings (SSSR count). The van der Waals surface area contributed by atoms with Crippen molar-refractivity contribution in [2.45, 2.75) is 4.90 Å². The number of carbonyl (C=O) groups excluding carboxylic acids is 1. The zero-order chi connectivity index (χ0) is 20.4. The summed E-state index contributed by atoms with van der Waals surface area (Å²) in [5, 5.41) is 1.84. The van der Waals surface area contributed by atoms with E-state index in [0.29, 0.717) is 30.3 Å². The molecule has 2 N–H and O–H groups in total. The highest BCUT2D eigenvalue weighted by molar-refractivity contribution is 7.92. The van der Waals surface area contributed by atoms with Gasteiger partial charge in [-0.25, -0.2) is 13.4 Å². The molecule has 2 aliphatic heterocycles. The quantitative estimate of drug-likeness (QED) is 0.750. The second-order valence-electron chi connectivity index (χ2n) is 6.93. The summed E-state index contributed by atoms with van der Waals surface area (Å²) in [5.74, 6) is 0.704. The highest BCUT2D eigenvalue weighted by atomic mass is 32.2. The Morgan fingerprint density at radius 2 is 1.76 bits per heavy atom. The highest BCUT2D eigenvalue weighted by Crippen LogP contribution is 2.34. The summed E-state index contributed by atoms with van der Waals surface area (Å²) in [6.45, 7) is 3.25. The number of amides is 1. The molecule has 9 nitrogen and oxygen atoms in total. The maximum atomic E-state index is 12.8. The molecule has 2 aromatic carbocycles. The van der Waals surface area contributed by atoms with E-state index in [1.807, 2.05) is 12.1 Å². The zero-order valence-electron chi connectivity index (χ0n) is 15.9. The number of fused-ring (bicyclic) bond motifs is 1. The van der Waals surface area contributed by atoms with Crippen LogP contribution in [0.15, 0.2) is 47.4 Å². The lowest BCUT2D eigenvalue weighted by molar-refractivity contribution is 0.0662. The van der Waals surface area contributed by atoms with Gasteiger partial charge >= 0.3 is 0 Å². The number of likely N-dealkylation sites (N-methyl/N-ethyl adjacent to an activating group) is 1. The number of piperazine rings is 1. The number of ether oxygens (including phenoxy) is 2. The van der Waals surface area contributed by atoms with Gasteiger partial charge < -0.3 is 14.4 Å². The number of sulfonamides is 1. The molecule has 1 amide bonds. The van der Waals surface area contributed by atoms with Crippen LogP contribution in [0.2, 0.25) is 0 Å². The summed E-state index contributed by atoms with van der Waals surface area (Å²) in [6.07, 6.45) is 0. The van der Waals surface area contributed by atoms with Gasteiger partial charge in [0.15, 0.2) is 11.5 Å². The molecule has 1 saturated heterocycles. The number of anilines is 1.